The molecular formula is C12H19N3O2. The van der Waals surface area contributed by atoms with Gasteiger partial charge in [0, 0.05) is 26.8 Å². The van der Waals surface area contributed by atoms with Gasteiger partial charge in [0.15, 0.2) is 0 Å². The second kappa shape index (κ2) is 4.05. The zero-order valence-corrected chi connectivity index (χ0v) is 10.8. The molecule has 94 valence electrons. The molecule has 2 aliphatic rings. The standard InChI is InChI=1S/C12H19N3O2/c1-8-5-13(3)6-10-7-14(4)12(17)9(2)15(10)11(8)16/h6,8-9H,5,7H2,1-4H3. The van der Waals surface area contributed by atoms with Crippen molar-refractivity contribution in [3.8, 4) is 0 Å². The van der Waals surface area contributed by atoms with E-state index in [-0.39, 0.29) is 23.8 Å². The number of hydrogen-bond donors (Lipinski definition) is 0. The largest absolute Gasteiger partial charge is 0.378 e. The van der Waals surface area contributed by atoms with Crippen LogP contribution in [0.25, 0.3) is 0 Å². The molecule has 2 amide bonds. The average molecular weight is 237 g/mol. The molecule has 0 aromatic carbocycles. The first-order valence-electron chi connectivity index (χ1n) is 5.90. The molecule has 0 aliphatic carbocycles. The fourth-order valence-electron chi connectivity index (χ4n) is 2.57. The van der Waals surface area contributed by atoms with Gasteiger partial charge < -0.3 is 14.7 Å². The molecule has 0 bridgehead atoms. The van der Waals surface area contributed by atoms with E-state index in [2.05, 4.69) is 0 Å². The van der Waals surface area contributed by atoms with Gasteiger partial charge in [0.05, 0.1) is 18.2 Å². The quantitative estimate of drug-likeness (QED) is 0.600. The van der Waals surface area contributed by atoms with E-state index in [1.165, 1.54) is 0 Å². The molecule has 1 fully saturated rings. The minimum Gasteiger partial charge on any atom is -0.378 e. The molecular weight excluding hydrogens is 218 g/mol. The van der Waals surface area contributed by atoms with Gasteiger partial charge in [0.2, 0.25) is 11.8 Å². The maximum atomic E-state index is 12.3. The highest BCUT2D eigenvalue weighted by Crippen LogP contribution is 2.24. The normalized spacial score (nSPS) is 30.1. The molecule has 2 rings (SSSR count). The molecule has 17 heavy (non-hydrogen) atoms. The lowest BCUT2D eigenvalue weighted by atomic mass is 10.1. The Balaban J connectivity index is 2.40. The van der Waals surface area contributed by atoms with E-state index < -0.39 is 0 Å². The fourth-order valence-corrected chi connectivity index (χ4v) is 2.57. The van der Waals surface area contributed by atoms with Crippen molar-refractivity contribution in [3.63, 3.8) is 0 Å². The molecule has 0 aromatic rings. The van der Waals surface area contributed by atoms with Gasteiger partial charge in [0.1, 0.15) is 6.04 Å². The minimum absolute atomic E-state index is 0.00672. The van der Waals surface area contributed by atoms with Gasteiger partial charge in [-0.1, -0.05) is 6.92 Å². The lowest BCUT2D eigenvalue weighted by molar-refractivity contribution is -0.147. The summed E-state index contributed by atoms with van der Waals surface area (Å²) in [5, 5.41) is 0. The van der Waals surface area contributed by atoms with Crippen molar-refractivity contribution < 1.29 is 9.59 Å². The Kier molecular flexibility index (Phi) is 2.85. The number of amides is 2. The summed E-state index contributed by atoms with van der Waals surface area (Å²) < 4.78 is 0. The van der Waals surface area contributed by atoms with Crippen molar-refractivity contribution in [2.45, 2.75) is 19.9 Å². The van der Waals surface area contributed by atoms with Gasteiger partial charge in [-0.3, -0.25) is 9.59 Å². The Bertz CT molecular complexity index is 391. The molecule has 1 saturated heterocycles. The van der Waals surface area contributed by atoms with Crippen LogP contribution in [0.3, 0.4) is 0 Å². The van der Waals surface area contributed by atoms with Gasteiger partial charge >= 0.3 is 0 Å². The van der Waals surface area contributed by atoms with Crippen molar-refractivity contribution >= 4 is 11.8 Å². The maximum Gasteiger partial charge on any atom is 0.245 e. The van der Waals surface area contributed by atoms with Crippen LogP contribution in [0.5, 0.6) is 0 Å². The predicted molar refractivity (Wildman–Crippen MR) is 63.8 cm³/mol. The van der Waals surface area contributed by atoms with Gasteiger partial charge in [-0.2, -0.15) is 0 Å². The predicted octanol–water partition coefficient (Wildman–Crippen LogP) is 0.0984. The molecule has 5 nitrogen and oxygen atoms in total. The molecule has 2 heterocycles. The van der Waals surface area contributed by atoms with Crippen LogP contribution in [-0.2, 0) is 9.59 Å². The first-order chi connectivity index (χ1) is 7.91. The second-order valence-corrected chi connectivity index (χ2v) is 5.04. The van der Waals surface area contributed by atoms with Crippen molar-refractivity contribution in [2.75, 3.05) is 27.2 Å². The number of rotatable bonds is 0. The van der Waals surface area contributed by atoms with Crippen LogP contribution in [-0.4, -0.2) is 59.7 Å². The number of nitrogens with zero attached hydrogens (tertiary/aromatic N) is 3. The van der Waals surface area contributed by atoms with Crippen LogP contribution in [0, 0.1) is 5.92 Å². The number of likely N-dealkylation sites (N-methyl/N-ethyl adjacent to an activating group) is 1. The first-order valence-corrected chi connectivity index (χ1v) is 5.90. The summed E-state index contributed by atoms with van der Waals surface area (Å²) in [6.07, 6.45) is 1.97. The highest BCUT2D eigenvalue weighted by atomic mass is 16.2. The second-order valence-electron chi connectivity index (χ2n) is 5.04. The highest BCUT2D eigenvalue weighted by Gasteiger charge is 2.39. The third-order valence-corrected chi connectivity index (χ3v) is 3.42. The van der Waals surface area contributed by atoms with Crippen molar-refractivity contribution in [1.82, 2.24) is 14.7 Å². The fraction of sp³-hybridized carbons (Fsp3) is 0.667. The van der Waals surface area contributed by atoms with Crippen LogP contribution < -0.4 is 0 Å². The summed E-state index contributed by atoms with van der Waals surface area (Å²) >= 11 is 0. The van der Waals surface area contributed by atoms with Gasteiger partial charge in [-0.25, -0.2) is 0 Å². The zero-order valence-electron chi connectivity index (χ0n) is 10.8. The lowest BCUT2D eigenvalue weighted by Crippen LogP contribution is -2.55. The maximum absolute atomic E-state index is 12.3. The number of hydrogen-bond acceptors (Lipinski definition) is 3. The van der Waals surface area contributed by atoms with E-state index in [0.717, 1.165) is 5.70 Å². The van der Waals surface area contributed by atoms with Crippen molar-refractivity contribution in [3.05, 3.63) is 11.9 Å². The molecule has 0 N–H and O–H groups in total. The Morgan fingerprint density at radius 1 is 1.18 bits per heavy atom. The number of piperazine rings is 1. The SMILES string of the molecule is CC1CN(C)C=C2CN(C)C(=O)C(C)N2C1=O. The van der Waals surface area contributed by atoms with Crippen molar-refractivity contribution in [1.29, 1.82) is 0 Å². The average Bonchev–Trinajstić information content (AvgIpc) is 2.34. The Morgan fingerprint density at radius 2 is 1.82 bits per heavy atom. The highest BCUT2D eigenvalue weighted by molar-refractivity contribution is 5.91. The summed E-state index contributed by atoms with van der Waals surface area (Å²) in [5.74, 6) is -0.0193. The molecule has 5 heteroatoms. The monoisotopic (exact) mass is 237 g/mol. The van der Waals surface area contributed by atoms with Crippen LogP contribution in [0.2, 0.25) is 0 Å². The number of carbonyl (C=O) groups is 2. The molecule has 2 unspecified atom stereocenters. The molecule has 0 saturated carbocycles. The number of fused-ring (bicyclic) bond motifs is 1. The van der Waals surface area contributed by atoms with E-state index in [1.807, 2.05) is 25.1 Å². The summed E-state index contributed by atoms with van der Waals surface area (Å²) in [5.41, 5.74) is 0.913. The zero-order chi connectivity index (χ0) is 12.7. The molecule has 2 aliphatic heterocycles. The van der Waals surface area contributed by atoms with Crippen LogP contribution in [0.15, 0.2) is 11.9 Å². The third kappa shape index (κ3) is 1.90. The van der Waals surface area contributed by atoms with E-state index in [0.29, 0.717) is 13.1 Å². The van der Waals surface area contributed by atoms with Crippen LogP contribution in [0.4, 0.5) is 0 Å². The Labute approximate surface area is 102 Å². The van der Waals surface area contributed by atoms with E-state index >= 15 is 0 Å². The summed E-state index contributed by atoms with van der Waals surface area (Å²) in [6.45, 7) is 4.91. The molecule has 0 spiro atoms. The van der Waals surface area contributed by atoms with Crippen LogP contribution in [0.1, 0.15) is 13.8 Å². The topological polar surface area (TPSA) is 43.9 Å². The van der Waals surface area contributed by atoms with Crippen molar-refractivity contribution in [2.24, 2.45) is 5.92 Å². The van der Waals surface area contributed by atoms with Crippen LogP contribution >= 0.6 is 0 Å². The molecule has 0 radical (unpaired) electrons. The third-order valence-electron chi connectivity index (χ3n) is 3.42. The van der Waals surface area contributed by atoms with Gasteiger partial charge in [-0.15, -0.1) is 0 Å². The van der Waals surface area contributed by atoms with Gasteiger partial charge in [-0.05, 0) is 6.92 Å². The molecule has 2 atom stereocenters. The van der Waals surface area contributed by atoms with E-state index in [9.17, 15) is 9.59 Å². The smallest absolute Gasteiger partial charge is 0.245 e. The summed E-state index contributed by atoms with van der Waals surface area (Å²) in [7, 11) is 3.73. The van der Waals surface area contributed by atoms with Gasteiger partial charge in [0.25, 0.3) is 0 Å². The molecule has 0 aromatic heterocycles. The summed E-state index contributed by atoms with van der Waals surface area (Å²) in [4.78, 5) is 29.5. The number of carbonyl (C=O) groups excluding carboxylic acids is 2. The lowest BCUT2D eigenvalue weighted by Gasteiger charge is -2.39. The van der Waals surface area contributed by atoms with E-state index in [1.54, 1.807) is 23.8 Å². The van der Waals surface area contributed by atoms with E-state index in [4.69, 9.17) is 0 Å². The summed E-state index contributed by atoms with van der Waals surface area (Å²) in [6, 6.07) is -0.388. The Morgan fingerprint density at radius 3 is 2.47 bits per heavy atom. The minimum atomic E-state index is -0.388. The first kappa shape index (κ1) is 12.0. The Hall–Kier alpha value is -1.52.